The predicted octanol–water partition coefficient (Wildman–Crippen LogP) is 5.10. The summed E-state index contributed by atoms with van der Waals surface area (Å²) in [6.07, 6.45) is 18.7. The zero-order chi connectivity index (χ0) is 15.3. The first-order chi connectivity index (χ1) is 10.2. The van der Waals surface area contributed by atoms with Crippen molar-refractivity contribution in [2.45, 2.75) is 96.2 Å². The molecule has 0 radical (unpaired) electrons. The van der Waals surface area contributed by atoms with E-state index < -0.39 is 5.97 Å². The molecule has 1 heterocycles. The number of epoxide rings is 1. The Bertz CT molecular complexity index is 299. The number of hydrogen-bond donors (Lipinski definition) is 1. The number of carbonyl (C=O) groups is 1. The van der Waals surface area contributed by atoms with Crippen LogP contribution in [0.1, 0.15) is 84.0 Å². The molecule has 0 unspecified atom stereocenters. The number of ether oxygens (including phenoxy) is 1. The fraction of sp³-hybridized carbons (Fsp3) is 0.833. The second-order valence-corrected chi connectivity index (χ2v) is 6.12. The van der Waals surface area contributed by atoms with Crippen molar-refractivity contribution in [1.82, 2.24) is 0 Å². The third-order valence-corrected chi connectivity index (χ3v) is 4.08. The molecule has 0 saturated carbocycles. The summed E-state index contributed by atoms with van der Waals surface area (Å²) in [6, 6.07) is 0. The van der Waals surface area contributed by atoms with Gasteiger partial charge in [0.1, 0.15) is 0 Å². The third-order valence-electron chi connectivity index (χ3n) is 4.08. The lowest BCUT2D eigenvalue weighted by Crippen LogP contribution is -1.93. The average molecular weight is 296 g/mol. The van der Waals surface area contributed by atoms with E-state index >= 15 is 0 Å². The monoisotopic (exact) mass is 296 g/mol. The summed E-state index contributed by atoms with van der Waals surface area (Å²) in [5.41, 5.74) is 0. The minimum Gasteiger partial charge on any atom is -0.481 e. The number of aliphatic carboxylic acids is 1. The van der Waals surface area contributed by atoms with Gasteiger partial charge >= 0.3 is 5.97 Å². The highest BCUT2D eigenvalue weighted by atomic mass is 16.6. The molecule has 0 bridgehead atoms. The Morgan fingerprint density at radius 2 is 1.76 bits per heavy atom. The number of rotatable bonds is 14. The zero-order valence-corrected chi connectivity index (χ0v) is 13.6. The van der Waals surface area contributed by atoms with Gasteiger partial charge in [0.05, 0.1) is 12.2 Å². The van der Waals surface area contributed by atoms with Crippen molar-refractivity contribution in [2.75, 3.05) is 0 Å². The van der Waals surface area contributed by atoms with Crippen LogP contribution in [0.25, 0.3) is 0 Å². The van der Waals surface area contributed by atoms with Gasteiger partial charge in [-0.1, -0.05) is 57.6 Å². The van der Waals surface area contributed by atoms with Crippen LogP contribution in [0.4, 0.5) is 0 Å². The summed E-state index contributed by atoms with van der Waals surface area (Å²) < 4.78 is 5.67. The van der Waals surface area contributed by atoms with E-state index in [0.29, 0.717) is 18.6 Å². The topological polar surface area (TPSA) is 49.8 Å². The summed E-state index contributed by atoms with van der Waals surface area (Å²) in [5.74, 6) is -0.692. The van der Waals surface area contributed by atoms with Crippen molar-refractivity contribution < 1.29 is 14.6 Å². The van der Waals surface area contributed by atoms with Gasteiger partial charge < -0.3 is 9.84 Å². The van der Waals surface area contributed by atoms with E-state index in [1.807, 2.05) is 0 Å². The molecule has 21 heavy (non-hydrogen) atoms. The lowest BCUT2D eigenvalue weighted by Gasteiger charge is -1.98. The first kappa shape index (κ1) is 18.2. The molecule has 2 atom stereocenters. The summed E-state index contributed by atoms with van der Waals surface area (Å²) in [7, 11) is 0. The molecule has 122 valence electrons. The Labute approximate surface area is 129 Å². The van der Waals surface area contributed by atoms with Gasteiger partial charge in [0.25, 0.3) is 0 Å². The van der Waals surface area contributed by atoms with Crippen molar-refractivity contribution in [3.63, 3.8) is 0 Å². The quantitative estimate of drug-likeness (QED) is 0.276. The van der Waals surface area contributed by atoms with E-state index in [0.717, 1.165) is 25.7 Å². The maximum Gasteiger partial charge on any atom is 0.303 e. The molecule has 1 N–H and O–H groups in total. The summed E-state index contributed by atoms with van der Waals surface area (Å²) in [4.78, 5) is 10.3. The Morgan fingerprint density at radius 3 is 2.52 bits per heavy atom. The Morgan fingerprint density at radius 1 is 1.00 bits per heavy atom. The number of unbranched alkanes of at least 4 members (excludes halogenated alkanes) is 7. The van der Waals surface area contributed by atoms with Gasteiger partial charge in [0, 0.05) is 6.42 Å². The van der Waals surface area contributed by atoms with Gasteiger partial charge in [-0.2, -0.15) is 0 Å². The lowest BCUT2D eigenvalue weighted by molar-refractivity contribution is -0.137. The Balaban J connectivity index is 1.84. The first-order valence-electron chi connectivity index (χ1n) is 8.76. The maximum absolute atomic E-state index is 10.3. The second kappa shape index (κ2) is 11.8. The minimum atomic E-state index is -0.692. The van der Waals surface area contributed by atoms with Gasteiger partial charge in [-0.15, -0.1) is 0 Å². The van der Waals surface area contributed by atoms with Crippen LogP contribution in [-0.4, -0.2) is 23.3 Å². The van der Waals surface area contributed by atoms with E-state index in [-0.39, 0.29) is 0 Å². The smallest absolute Gasteiger partial charge is 0.303 e. The van der Waals surface area contributed by atoms with Gasteiger partial charge in [0.15, 0.2) is 0 Å². The van der Waals surface area contributed by atoms with Crippen LogP contribution in [-0.2, 0) is 9.53 Å². The number of carboxylic acids is 1. The number of carboxylic acid groups (broad SMARTS) is 1. The van der Waals surface area contributed by atoms with Gasteiger partial charge in [-0.25, -0.2) is 0 Å². The summed E-state index contributed by atoms with van der Waals surface area (Å²) in [5, 5.41) is 8.52. The van der Waals surface area contributed by atoms with Crippen molar-refractivity contribution in [3.8, 4) is 0 Å². The Hall–Kier alpha value is -0.830. The van der Waals surface area contributed by atoms with Gasteiger partial charge in [0.2, 0.25) is 0 Å². The largest absolute Gasteiger partial charge is 0.481 e. The summed E-state index contributed by atoms with van der Waals surface area (Å²) >= 11 is 0. The molecule has 0 spiro atoms. The Kier molecular flexibility index (Phi) is 10.2. The van der Waals surface area contributed by atoms with Crippen LogP contribution in [0.3, 0.4) is 0 Å². The van der Waals surface area contributed by atoms with Crippen LogP contribution in [0.15, 0.2) is 12.2 Å². The van der Waals surface area contributed by atoms with Gasteiger partial charge in [-0.3, -0.25) is 4.79 Å². The summed E-state index contributed by atoms with van der Waals surface area (Å²) in [6.45, 7) is 2.25. The molecule has 0 aliphatic carbocycles. The standard InChI is InChI=1S/C18H32O3/c1-2-3-4-5-7-10-13-16-17(21-16)14-11-8-6-9-12-15-18(19)20/h8,11,16-17H,2-7,9-10,12-15H2,1H3,(H,19,20)/b11-8-/t16-,17+/m0/s1. The van der Waals surface area contributed by atoms with E-state index in [9.17, 15) is 4.79 Å². The van der Waals surface area contributed by atoms with Gasteiger partial charge in [-0.05, 0) is 32.1 Å². The predicted molar refractivity (Wildman–Crippen MR) is 86.5 cm³/mol. The fourth-order valence-electron chi connectivity index (χ4n) is 2.65. The molecule has 0 amide bonds. The van der Waals surface area contributed by atoms with E-state index in [1.165, 1.54) is 44.9 Å². The third kappa shape index (κ3) is 10.5. The molecule has 1 saturated heterocycles. The number of hydrogen-bond acceptors (Lipinski definition) is 2. The molecule has 1 aliphatic heterocycles. The molecule has 3 nitrogen and oxygen atoms in total. The molecular formula is C18H32O3. The molecule has 1 aliphatic rings. The first-order valence-corrected chi connectivity index (χ1v) is 8.76. The molecule has 0 aromatic carbocycles. The van der Waals surface area contributed by atoms with Crippen LogP contribution < -0.4 is 0 Å². The average Bonchev–Trinajstić information content (AvgIpc) is 3.20. The highest BCUT2D eigenvalue weighted by molar-refractivity contribution is 5.66. The van der Waals surface area contributed by atoms with Crippen molar-refractivity contribution >= 4 is 5.97 Å². The van der Waals surface area contributed by atoms with E-state index in [1.54, 1.807) is 0 Å². The van der Waals surface area contributed by atoms with Crippen molar-refractivity contribution in [1.29, 1.82) is 0 Å². The molecule has 1 rings (SSSR count). The van der Waals surface area contributed by atoms with Crippen molar-refractivity contribution in [3.05, 3.63) is 12.2 Å². The molecule has 0 aromatic heterocycles. The normalized spacial score (nSPS) is 21.0. The molecule has 1 fully saturated rings. The number of allylic oxidation sites excluding steroid dienone is 1. The zero-order valence-electron chi connectivity index (χ0n) is 13.6. The molecular weight excluding hydrogens is 264 g/mol. The highest BCUT2D eigenvalue weighted by Crippen LogP contribution is 2.30. The maximum atomic E-state index is 10.3. The van der Waals surface area contributed by atoms with Crippen LogP contribution in [0.5, 0.6) is 0 Å². The SMILES string of the molecule is CCCCCCCC[C@@H]1O[C@@H]1C/C=C\CCCCC(=O)O. The van der Waals surface area contributed by atoms with E-state index in [4.69, 9.17) is 9.84 Å². The van der Waals surface area contributed by atoms with Crippen LogP contribution in [0.2, 0.25) is 0 Å². The van der Waals surface area contributed by atoms with Crippen LogP contribution >= 0.6 is 0 Å². The lowest BCUT2D eigenvalue weighted by atomic mass is 10.1. The minimum absolute atomic E-state index is 0.292. The van der Waals surface area contributed by atoms with E-state index in [2.05, 4.69) is 19.1 Å². The fourth-order valence-corrected chi connectivity index (χ4v) is 2.65. The molecule has 0 aromatic rings. The van der Waals surface area contributed by atoms with Crippen LogP contribution in [0, 0.1) is 0 Å². The second-order valence-electron chi connectivity index (χ2n) is 6.12. The molecule has 3 heteroatoms. The van der Waals surface area contributed by atoms with Crippen molar-refractivity contribution in [2.24, 2.45) is 0 Å². The highest BCUT2D eigenvalue weighted by Gasteiger charge is 2.36.